The number of rotatable bonds is 2. The summed E-state index contributed by atoms with van der Waals surface area (Å²) in [4.78, 5) is 2.01. The standard InChI is InChI=1S/C6H14BNO2/c1-7(9)8-4-3-6(5-8)10-2/h6,9H,3-5H2,1-2H3/t6-/m1/s1. The number of hydrogen-bond donors (Lipinski definition) is 1. The lowest BCUT2D eigenvalue weighted by molar-refractivity contribution is 0.114. The molecule has 1 heterocycles. The van der Waals surface area contributed by atoms with Gasteiger partial charge >= 0.3 is 7.05 Å². The number of hydrogen-bond acceptors (Lipinski definition) is 3. The summed E-state index contributed by atoms with van der Waals surface area (Å²) in [7, 11) is 1.40. The Balaban J connectivity index is 2.28. The van der Waals surface area contributed by atoms with E-state index in [2.05, 4.69) is 0 Å². The zero-order valence-corrected chi connectivity index (χ0v) is 6.58. The highest BCUT2D eigenvalue weighted by Crippen LogP contribution is 2.11. The van der Waals surface area contributed by atoms with Crippen LogP contribution in [-0.4, -0.2) is 43.2 Å². The van der Waals surface area contributed by atoms with Gasteiger partial charge in [0.1, 0.15) is 0 Å². The third-order valence-corrected chi connectivity index (χ3v) is 2.04. The largest absolute Gasteiger partial charge is 0.437 e. The van der Waals surface area contributed by atoms with Gasteiger partial charge in [-0.2, -0.15) is 0 Å². The quantitative estimate of drug-likeness (QED) is 0.544. The van der Waals surface area contributed by atoms with Gasteiger partial charge in [-0.25, -0.2) is 0 Å². The molecule has 3 nitrogen and oxygen atoms in total. The molecular weight excluding hydrogens is 129 g/mol. The second-order valence-electron chi connectivity index (χ2n) is 2.77. The first-order valence-corrected chi connectivity index (χ1v) is 3.69. The summed E-state index contributed by atoms with van der Waals surface area (Å²) in [6, 6.07) is 0. The van der Waals surface area contributed by atoms with E-state index in [1.165, 1.54) is 0 Å². The van der Waals surface area contributed by atoms with Crippen LogP contribution in [0.2, 0.25) is 6.82 Å². The molecule has 1 aliphatic rings. The lowest BCUT2D eigenvalue weighted by Gasteiger charge is -2.14. The molecular formula is C6H14BNO2. The molecule has 1 saturated heterocycles. The Morgan fingerprint density at radius 2 is 2.40 bits per heavy atom. The first-order chi connectivity index (χ1) is 4.74. The molecule has 0 aromatic rings. The van der Waals surface area contributed by atoms with E-state index >= 15 is 0 Å². The Kier molecular flexibility index (Phi) is 2.71. The predicted octanol–water partition coefficient (Wildman–Crippen LogP) is -0.183. The maximum Gasteiger partial charge on any atom is 0.376 e. The van der Waals surface area contributed by atoms with Gasteiger partial charge in [-0.15, -0.1) is 0 Å². The summed E-state index contributed by atoms with van der Waals surface area (Å²) in [6.45, 7) is 3.61. The molecule has 0 aromatic heterocycles. The number of methoxy groups -OCH3 is 1. The van der Waals surface area contributed by atoms with Crippen LogP contribution in [-0.2, 0) is 4.74 Å². The smallest absolute Gasteiger partial charge is 0.376 e. The molecule has 1 fully saturated rings. The second-order valence-corrected chi connectivity index (χ2v) is 2.77. The first-order valence-electron chi connectivity index (χ1n) is 3.69. The van der Waals surface area contributed by atoms with Crippen LogP contribution in [0.25, 0.3) is 0 Å². The minimum atomic E-state index is -0.319. The highest BCUT2D eigenvalue weighted by Gasteiger charge is 2.26. The van der Waals surface area contributed by atoms with Crippen LogP contribution in [0.3, 0.4) is 0 Å². The van der Waals surface area contributed by atoms with Crippen LogP contribution in [0.1, 0.15) is 6.42 Å². The maximum absolute atomic E-state index is 9.14. The van der Waals surface area contributed by atoms with Gasteiger partial charge < -0.3 is 14.6 Å². The van der Waals surface area contributed by atoms with Crippen molar-refractivity contribution in [3.05, 3.63) is 0 Å². The summed E-state index contributed by atoms with van der Waals surface area (Å²) < 4.78 is 5.14. The Morgan fingerprint density at radius 3 is 2.70 bits per heavy atom. The van der Waals surface area contributed by atoms with Crippen molar-refractivity contribution in [1.82, 2.24) is 4.81 Å². The van der Waals surface area contributed by atoms with Crippen molar-refractivity contribution in [2.24, 2.45) is 0 Å². The van der Waals surface area contributed by atoms with E-state index in [1.54, 1.807) is 13.9 Å². The molecule has 0 saturated carbocycles. The third-order valence-electron chi connectivity index (χ3n) is 2.04. The molecule has 0 bridgehead atoms. The Labute approximate surface area is 62.1 Å². The van der Waals surface area contributed by atoms with Gasteiger partial charge in [0.2, 0.25) is 0 Å². The molecule has 1 aliphatic heterocycles. The van der Waals surface area contributed by atoms with Crippen molar-refractivity contribution in [2.75, 3.05) is 20.2 Å². The molecule has 1 rings (SSSR count). The van der Waals surface area contributed by atoms with Gasteiger partial charge in [-0.05, 0) is 19.8 Å². The molecule has 0 unspecified atom stereocenters. The Hall–Kier alpha value is -0.0551. The molecule has 0 aliphatic carbocycles. The lowest BCUT2D eigenvalue weighted by Crippen LogP contribution is -2.35. The third kappa shape index (κ3) is 1.72. The minimum absolute atomic E-state index is 0.319. The van der Waals surface area contributed by atoms with Gasteiger partial charge in [0.15, 0.2) is 0 Å². The van der Waals surface area contributed by atoms with Crippen molar-refractivity contribution in [3.8, 4) is 0 Å². The van der Waals surface area contributed by atoms with Crippen LogP contribution in [0.5, 0.6) is 0 Å². The summed E-state index contributed by atoms with van der Waals surface area (Å²) in [5, 5.41) is 9.14. The van der Waals surface area contributed by atoms with Crippen LogP contribution >= 0.6 is 0 Å². The van der Waals surface area contributed by atoms with E-state index in [0.29, 0.717) is 6.10 Å². The van der Waals surface area contributed by atoms with Crippen molar-refractivity contribution in [1.29, 1.82) is 0 Å². The monoisotopic (exact) mass is 143 g/mol. The maximum atomic E-state index is 9.14. The van der Waals surface area contributed by atoms with Crippen molar-refractivity contribution in [3.63, 3.8) is 0 Å². The SMILES string of the molecule is CO[C@@H]1CCN(B(C)O)C1. The average Bonchev–Trinajstić information content (AvgIpc) is 2.34. The molecule has 58 valence electrons. The van der Waals surface area contributed by atoms with E-state index in [0.717, 1.165) is 19.5 Å². The van der Waals surface area contributed by atoms with E-state index in [-0.39, 0.29) is 7.05 Å². The van der Waals surface area contributed by atoms with Gasteiger partial charge in [-0.3, -0.25) is 0 Å². The van der Waals surface area contributed by atoms with Crippen molar-refractivity contribution < 1.29 is 9.76 Å². The van der Waals surface area contributed by atoms with Gasteiger partial charge in [0.25, 0.3) is 0 Å². The fourth-order valence-electron chi connectivity index (χ4n) is 1.29. The molecule has 0 amide bonds. The van der Waals surface area contributed by atoms with Crippen LogP contribution in [0.15, 0.2) is 0 Å². The fraction of sp³-hybridized carbons (Fsp3) is 1.00. The predicted molar refractivity (Wildman–Crippen MR) is 40.8 cm³/mol. The average molecular weight is 143 g/mol. The van der Waals surface area contributed by atoms with Gasteiger partial charge in [0.05, 0.1) is 6.10 Å². The number of nitrogens with zero attached hydrogens (tertiary/aromatic N) is 1. The lowest BCUT2D eigenvalue weighted by atomic mass is 9.86. The molecule has 10 heavy (non-hydrogen) atoms. The van der Waals surface area contributed by atoms with Crippen molar-refractivity contribution >= 4 is 7.05 Å². The molecule has 1 N–H and O–H groups in total. The summed E-state index contributed by atoms with van der Waals surface area (Å²) in [5.74, 6) is 0. The van der Waals surface area contributed by atoms with E-state index in [4.69, 9.17) is 9.76 Å². The molecule has 4 heteroatoms. The van der Waals surface area contributed by atoms with E-state index in [1.807, 2.05) is 4.81 Å². The summed E-state index contributed by atoms with van der Waals surface area (Å²) >= 11 is 0. The summed E-state index contributed by atoms with van der Waals surface area (Å²) in [6.07, 6.45) is 1.37. The molecule has 0 spiro atoms. The second kappa shape index (κ2) is 3.37. The molecule has 1 atom stereocenters. The van der Waals surface area contributed by atoms with E-state index < -0.39 is 0 Å². The van der Waals surface area contributed by atoms with Gasteiger partial charge in [0, 0.05) is 13.7 Å². The molecule has 0 radical (unpaired) electrons. The van der Waals surface area contributed by atoms with Crippen LogP contribution in [0.4, 0.5) is 0 Å². The minimum Gasteiger partial charge on any atom is -0.437 e. The highest BCUT2D eigenvalue weighted by molar-refractivity contribution is 6.45. The molecule has 0 aromatic carbocycles. The normalized spacial score (nSPS) is 27.3. The number of ether oxygens (including phenoxy) is 1. The fourth-order valence-corrected chi connectivity index (χ4v) is 1.29. The highest BCUT2D eigenvalue weighted by atomic mass is 16.5. The van der Waals surface area contributed by atoms with Gasteiger partial charge in [-0.1, -0.05) is 0 Å². The van der Waals surface area contributed by atoms with Crippen LogP contribution in [0, 0.1) is 0 Å². The Morgan fingerprint density at radius 1 is 1.70 bits per heavy atom. The first kappa shape index (κ1) is 8.05. The zero-order valence-electron chi connectivity index (χ0n) is 6.58. The van der Waals surface area contributed by atoms with Crippen molar-refractivity contribution in [2.45, 2.75) is 19.3 Å². The topological polar surface area (TPSA) is 32.7 Å². The zero-order chi connectivity index (χ0) is 7.56. The van der Waals surface area contributed by atoms with Crippen LogP contribution < -0.4 is 0 Å². The summed E-state index contributed by atoms with van der Waals surface area (Å²) in [5.41, 5.74) is 0. The Bertz CT molecular complexity index is 110. The van der Waals surface area contributed by atoms with E-state index in [9.17, 15) is 0 Å².